The summed E-state index contributed by atoms with van der Waals surface area (Å²) < 4.78 is 12.7. The highest BCUT2D eigenvalue weighted by atomic mass is 79.9. The van der Waals surface area contributed by atoms with E-state index in [0.29, 0.717) is 12.1 Å². The SMILES string of the molecule is CCc1ccc(C(Br)c2ccc3c(c2)oc(=O)n3CC)o1. The zero-order chi connectivity index (χ0) is 15.0. The number of alkyl halides is 1. The second kappa shape index (κ2) is 5.56. The predicted molar refractivity (Wildman–Crippen MR) is 85.0 cm³/mol. The fourth-order valence-electron chi connectivity index (χ4n) is 2.43. The first-order chi connectivity index (χ1) is 10.1. The first-order valence-corrected chi connectivity index (χ1v) is 7.91. The number of oxazole rings is 1. The van der Waals surface area contributed by atoms with E-state index in [1.54, 1.807) is 4.57 Å². The Morgan fingerprint density at radius 3 is 2.67 bits per heavy atom. The Bertz CT molecular complexity index is 828. The van der Waals surface area contributed by atoms with E-state index >= 15 is 0 Å². The van der Waals surface area contributed by atoms with Crippen LogP contribution in [0.3, 0.4) is 0 Å². The Balaban J connectivity index is 2.02. The highest BCUT2D eigenvalue weighted by molar-refractivity contribution is 9.09. The van der Waals surface area contributed by atoms with Crippen molar-refractivity contribution in [3.8, 4) is 0 Å². The van der Waals surface area contributed by atoms with Gasteiger partial charge in [0.2, 0.25) is 0 Å². The number of rotatable bonds is 4. The molecule has 0 aliphatic carbocycles. The van der Waals surface area contributed by atoms with Gasteiger partial charge in [0.15, 0.2) is 5.58 Å². The molecule has 5 heteroatoms. The normalized spacial score (nSPS) is 12.9. The van der Waals surface area contributed by atoms with Crippen molar-refractivity contribution in [2.24, 2.45) is 0 Å². The van der Waals surface area contributed by atoms with Crippen molar-refractivity contribution < 1.29 is 8.83 Å². The molecular weight excluding hydrogens is 334 g/mol. The monoisotopic (exact) mass is 349 g/mol. The smallest absolute Gasteiger partial charge is 0.419 e. The number of fused-ring (bicyclic) bond motifs is 1. The molecular formula is C16H16BrNO3. The van der Waals surface area contributed by atoms with E-state index in [9.17, 15) is 4.79 Å². The summed E-state index contributed by atoms with van der Waals surface area (Å²) in [5.74, 6) is 1.49. The summed E-state index contributed by atoms with van der Waals surface area (Å²) in [4.78, 5) is 11.7. The molecule has 1 unspecified atom stereocenters. The Morgan fingerprint density at radius 2 is 2.00 bits per heavy atom. The van der Waals surface area contributed by atoms with Crippen molar-refractivity contribution in [2.45, 2.75) is 31.6 Å². The summed E-state index contributed by atoms with van der Waals surface area (Å²) in [6.45, 7) is 4.58. The number of nitrogens with zero attached hydrogens (tertiary/aromatic N) is 1. The lowest BCUT2D eigenvalue weighted by Gasteiger charge is -2.07. The quantitative estimate of drug-likeness (QED) is 0.661. The van der Waals surface area contributed by atoms with Crippen LogP contribution in [0.15, 0.2) is 44.0 Å². The van der Waals surface area contributed by atoms with Crippen molar-refractivity contribution >= 4 is 27.0 Å². The van der Waals surface area contributed by atoms with Crippen LogP contribution in [0.5, 0.6) is 0 Å². The molecule has 2 aromatic heterocycles. The third kappa shape index (κ3) is 2.46. The molecule has 3 aromatic rings. The summed E-state index contributed by atoms with van der Waals surface area (Å²) in [5, 5.41) is 0. The minimum atomic E-state index is -0.318. The summed E-state index contributed by atoms with van der Waals surface area (Å²) in [6, 6.07) is 9.73. The summed E-state index contributed by atoms with van der Waals surface area (Å²) in [7, 11) is 0. The lowest BCUT2D eigenvalue weighted by Crippen LogP contribution is -2.11. The third-order valence-corrected chi connectivity index (χ3v) is 4.56. The fraction of sp³-hybridized carbons (Fsp3) is 0.312. The van der Waals surface area contributed by atoms with Gasteiger partial charge in [0.1, 0.15) is 11.5 Å². The number of furan rings is 1. The minimum Gasteiger partial charge on any atom is -0.465 e. The van der Waals surface area contributed by atoms with Gasteiger partial charge in [-0.3, -0.25) is 4.57 Å². The Kier molecular flexibility index (Phi) is 3.76. The van der Waals surface area contributed by atoms with Gasteiger partial charge in [-0.1, -0.05) is 28.9 Å². The Morgan fingerprint density at radius 1 is 1.19 bits per heavy atom. The molecule has 2 heterocycles. The van der Waals surface area contributed by atoms with Gasteiger partial charge >= 0.3 is 5.76 Å². The van der Waals surface area contributed by atoms with Gasteiger partial charge in [-0.25, -0.2) is 4.79 Å². The third-order valence-electron chi connectivity index (χ3n) is 3.58. The first kappa shape index (κ1) is 14.2. The second-order valence-corrected chi connectivity index (χ2v) is 5.78. The van der Waals surface area contributed by atoms with Crippen molar-refractivity contribution in [2.75, 3.05) is 0 Å². The average Bonchev–Trinajstić information content (AvgIpc) is 3.08. The molecule has 0 N–H and O–H groups in total. The van der Waals surface area contributed by atoms with Crippen LogP contribution in [0.4, 0.5) is 0 Å². The number of aryl methyl sites for hydroxylation is 2. The van der Waals surface area contributed by atoms with Crippen molar-refractivity contribution in [1.82, 2.24) is 4.57 Å². The number of halogens is 1. The number of benzene rings is 1. The zero-order valence-electron chi connectivity index (χ0n) is 11.9. The number of hydrogen-bond donors (Lipinski definition) is 0. The molecule has 0 saturated carbocycles. The first-order valence-electron chi connectivity index (χ1n) is 7.00. The maximum absolute atomic E-state index is 11.7. The molecule has 0 fully saturated rings. The van der Waals surface area contributed by atoms with E-state index in [-0.39, 0.29) is 10.6 Å². The number of aromatic nitrogens is 1. The van der Waals surface area contributed by atoms with Crippen LogP contribution in [0.25, 0.3) is 11.1 Å². The van der Waals surface area contributed by atoms with Crippen LogP contribution < -0.4 is 5.76 Å². The lowest BCUT2D eigenvalue weighted by atomic mass is 10.1. The molecule has 110 valence electrons. The molecule has 0 amide bonds. The molecule has 1 atom stereocenters. The average molecular weight is 350 g/mol. The van der Waals surface area contributed by atoms with Gasteiger partial charge in [0.05, 0.1) is 10.3 Å². The van der Waals surface area contributed by atoms with Crippen LogP contribution in [-0.4, -0.2) is 4.57 Å². The maximum atomic E-state index is 11.7. The lowest BCUT2D eigenvalue weighted by molar-refractivity contribution is 0.477. The molecule has 21 heavy (non-hydrogen) atoms. The molecule has 0 aliphatic rings. The highest BCUT2D eigenvalue weighted by Gasteiger charge is 2.17. The minimum absolute atomic E-state index is 0.0579. The van der Waals surface area contributed by atoms with Gasteiger partial charge in [0, 0.05) is 13.0 Å². The Labute approximate surface area is 130 Å². The van der Waals surface area contributed by atoms with E-state index in [1.807, 2.05) is 37.3 Å². The topological polar surface area (TPSA) is 48.3 Å². The van der Waals surface area contributed by atoms with E-state index in [2.05, 4.69) is 22.9 Å². The van der Waals surface area contributed by atoms with Gasteiger partial charge in [-0.15, -0.1) is 0 Å². The predicted octanol–water partition coefficient (Wildman–Crippen LogP) is 4.25. The maximum Gasteiger partial charge on any atom is 0.419 e. The van der Waals surface area contributed by atoms with Crippen LogP contribution >= 0.6 is 15.9 Å². The summed E-state index contributed by atoms with van der Waals surface area (Å²) in [5.41, 5.74) is 2.42. The van der Waals surface area contributed by atoms with Gasteiger partial charge in [-0.05, 0) is 36.8 Å². The number of hydrogen-bond acceptors (Lipinski definition) is 3. The standard InChI is InChI=1S/C16H16BrNO3/c1-3-11-6-8-13(20-11)15(17)10-5-7-12-14(9-10)21-16(19)18(12)4-2/h5-9,15H,3-4H2,1-2H3. The van der Waals surface area contributed by atoms with E-state index < -0.39 is 0 Å². The van der Waals surface area contributed by atoms with Gasteiger partial charge < -0.3 is 8.83 Å². The van der Waals surface area contributed by atoms with E-state index in [1.165, 1.54) is 0 Å². The molecule has 0 spiro atoms. The van der Waals surface area contributed by atoms with Crippen LogP contribution in [0, 0.1) is 0 Å². The van der Waals surface area contributed by atoms with Crippen LogP contribution in [-0.2, 0) is 13.0 Å². The molecule has 0 bridgehead atoms. The largest absolute Gasteiger partial charge is 0.465 e. The van der Waals surface area contributed by atoms with Gasteiger partial charge in [-0.2, -0.15) is 0 Å². The summed E-state index contributed by atoms with van der Waals surface area (Å²) >= 11 is 3.64. The second-order valence-electron chi connectivity index (χ2n) is 4.86. The fourth-order valence-corrected chi connectivity index (χ4v) is 2.96. The molecule has 4 nitrogen and oxygen atoms in total. The molecule has 0 radical (unpaired) electrons. The molecule has 3 rings (SSSR count). The summed E-state index contributed by atoms with van der Waals surface area (Å²) in [6.07, 6.45) is 0.868. The van der Waals surface area contributed by atoms with E-state index in [4.69, 9.17) is 8.83 Å². The zero-order valence-corrected chi connectivity index (χ0v) is 13.5. The van der Waals surface area contributed by atoms with Crippen molar-refractivity contribution in [3.05, 3.63) is 58.0 Å². The van der Waals surface area contributed by atoms with Crippen LogP contribution in [0.1, 0.15) is 35.8 Å². The molecule has 0 aliphatic heterocycles. The molecule has 1 aromatic carbocycles. The van der Waals surface area contributed by atoms with Crippen molar-refractivity contribution in [3.63, 3.8) is 0 Å². The van der Waals surface area contributed by atoms with Crippen LogP contribution in [0.2, 0.25) is 0 Å². The molecule has 0 saturated heterocycles. The Hall–Kier alpha value is -1.75. The van der Waals surface area contributed by atoms with Gasteiger partial charge in [0.25, 0.3) is 0 Å². The van der Waals surface area contributed by atoms with Crippen molar-refractivity contribution in [1.29, 1.82) is 0 Å². The highest BCUT2D eigenvalue weighted by Crippen LogP contribution is 2.33. The van der Waals surface area contributed by atoms with E-state index in [0.717, 1.165) is 29.0 Å².